The van der Waals surface area contributed by atoms with Gasteiger partial charge in [0.1, 0.15) is 0 Å². The van der Waals surface area contributed by atoms with Gasteiger partial charge in [0.25, 0.3) is 0 Å². The van der Waals surface area contributed by atoms with Crippen molar-refractivity contribution in [2.24, 2.45) is 4.36 Å². The van der Waals surface area contributed by atoms with Crippen molar-refractivity contribution in [1.82, 2.24) is 0 Å². The summed E-state index contributed by atoms with van der Waals surface area (Å²) in [6, 6.07) is 7.78. The minimum atomic E-state index is -1.66. The molecule has 1 rings (SSSR count). The lowest BCUT2D eigenvalue weighted by atomic mass is 10.4. The van der Waals surface area contributed by atoms with Crippen LogP contribution in [0.5, 0.6) is 0 Å². The second-order valence-corrected chi connectivity index (χ2v) is 6.02. The van der Waals surface area contributed by atoms with Crippen molar-refractivity contribution in [3.63, 3.8) is 0 Å². The molecule has 1 aromatic rings. The number of rotatable bonds is 1. The van der Waals surface area contributed by atoms with E-state index in [0.717, 1.165) is 9.37 Å². The first-order chi connectivity index (χ1) is 5.56. The van der Waals surface area contributed by atoms with Crippen LogP contribution in [0.2, 0.25) is 0 Å². The van der Waals surface area contributed by atoms with Crippen LogP contribution in [-0.4, -0.2) is 13.3 Å². The molecule has 0 saturated carbocycles. The molecule has 66 valence electrons. The fraction of sp³-hybridized carbons (Fsp3) is 0.250. The standard InChI is InChI=1S/C8H11BrN2S/c1-11-12(2,10)8-5-3-7(9)4-6-8/h3-6,10H,1-2H3. The highest BCUT2D eigenvalue weighted by molar-refractivity contribution is 9.10. The van der Waals surface area contributed by atoms with Gasteiger partial charge in [-0.15, -0.1) is 0 Å². The Morgan fingerprint density at radius 1 is 1.33 bits per heavy atom. The molecule has 0 saturated heterocycles. The van der Waals surface area contributed by atoms with Gasteiger partial charge in [-0.05, 0) is 33.9 Å². The van der Waals surface area contributed by atoms with E-state index in [4.69, 9.17) is 4.78 Å². The molecule has 1 aromatic carbocycles. The molecule has 0 aliphatic carbocycles. The molecular weight excluding hydrogens is 236 g/mol. The minimum absolute atomic E-state index is 0.994. The summed E-state index contributed by atoms with van der Waals surface area (Å²) in [7, 11) is 0.0380. The van der Waals surface area contributed by atoms with Crippen LogP contribution in [0.15, 0.2) is 38.0 Å². The van der Waals surface area contributed by atoms with Gasteiger partial charge in [0.15, 0.2) is 0 Å². The molecule has 12 heavy (non-hydrogen) atoms. The van der Waals surface area contributed by atoms with E-state index in [0.29, 0.717) is 0 Å². The smallest absolute Gasteiger partial charge is 0.0360 e. The largest absolute Gasteiger partial charge is 0.266 e. The molecule has 0 aliphatic rings. The summed E-state index contributed by atoms with van der Waals surface area (Å²) in [5, 5.41) is 0. The minimum Gasteiger partial charge on any atom is -0.266 e. The molecule has 0 spiro atoms. The summed E-state index contributed by atoms with van der Waals surface area (Å²) in [6.45, 7) is 0. The normalized spacial score (nSPS) is 15.2. The summed E-state index contributed by atoms with van der Waals surface area (Å²) >= 11 is 3.35. The van der Waals surface area contributed by atoms with Crippen molar-refractivity contribution in [2.75, 3.05) is 13.3 Å². The average molecular weight is 247 g/mol. The van der Waals surface area contributed by atoms with Gasteiger partial charge in [-0.25, -0.2) is 0 Å². The van der Waals surface area contributed by atoms with E-state index in [1.54, 1.807) is 7.05 Å². The highest BCUT2D eigenvalue weighted by atomic mass is 79.9. The average Bonchev–Trinajstić information content (AvgIpc) is 2.05. The lowest BCUT2D eigenvalue weighted by molar-refractivity contribution is 1.36. The number of nitrogens with one attached hydrogen (secondary N) is 1. The van der Waals surface area contributed by atoms with Crippen molar-refractivity contribution >= 4 is 25.6 Å². The maximum atomic E-state index is 7.89. The highest BCUT2D eigenvalue weighted by Gasteiger charge is 1.98. The quantitative estimate of drug-likeness (QED) is 0.791. The second-order valence-electron chi connectivity index (χ2n) is 2.51. The second kappa shape index (κ2) is 3.58. The molecule has 0 radical (unpaired) electrons. The van der Waals surface area contributed by atoms with Crippen LogP contribution in [0.3, 0.4) is 0 Å². The van der Waals surface area contributed by atoms with E-state index in [-0.39, 0.29) is 0 Å². The number of hydrogen-bond donors (Lipinski definition) is 1. The third kappa shape index (κ3) is 2.08. The number of hydrogen-bond acceptors (Lipinski definition) is 2. The maximum absolute atomic E-state index is 7.89. The summed E-state index contributed by atoms with van der Waals surface area (Å²) in [5.41, 5.74) is 0. The summed E-state index contributed by atoms with van der Waals surface area (Å²) in [5.74, 6) is 0. The Morgan fingerprint density at radius 3 is 2.25 bits per heavy atom. The Balaban J connectivity index is 3.24. The zero-order valence-electron chi connectivity index (χ0n) is 7.04. The lowest BCUT2D eigenvalue weighted by Gasteiger charge is -2.05. The summed E-state index contributed by atoms with van der Waals surface area (Å²) in [6.07, 6.45) is 1.86. The Morgan fingerprint density at radius 2 is 1.83 bits per heavy atom. The van der Waals surface area contributed by atoms with Gasteiger partial charge in [-0.2, -0.15) is 0 Å². The topological polar surface area (TPSA) is 36.2 Å². The molecule has 0 heterocycles. The lowest BCUT2D eigenvalue weighted by Crippen LogP contribution is -1.93. The zero-order valence-corrected chi connectivity index (χ0v) is 9.45. The Kier molecular flexibility index (Phi) is 2.90. The predicted octanol–water partition coefficient (Wildman–Crippen LogP) is 3.17. The maximum Gasteiger partial charge on any atom is 0.0360 e. The summed E-state index contributed by atoms with van der Waals surface area (Å²) < 4.78 is 13.0. The molecule has 2 nitrogen and oxygen atoms in total. The monoisotopic (exact) mass is 246 g/mol. The van der Waals surface area contributed by atoms with Gasteiger partial charge in [0.2, 0.25) is 0 Å². The van der Waals surface area contributed by atoms with Crippen LogP contribution >= 0.6 is 15.9 Å². The first-order valence-corrected chi connectivity index (χ1v) is 6.25. The fourth-order valence-electron chi connectivity index (χ4n) is 0.805. The molecule has 1 N–H and O–H groups in total. The van der Waals surface area contributed by atoms with Crippen molar-refractivity contribution < 1.29 is 0 Å². The van der Waals surface area contributed by atoms with E-state index < -0.39 is 9.62 Å². The van der Waals surface area contributed by atoms with Gasteiger partial charge in [0.05, 0.1) is 0 Å². The molecule has 4 heteroatoms. The van der Waals surface area contributed by atoms with Crippen LogP contribution in [0.1, 0.15) is 0 Å². The number of benzene rings is 1. The predicted molar refractivity (Wildman–Crippen MR) is 56.8 cm³/mol. The van der Waals surface area contributed by atoms with Crippen LogP contribution in [0.4, 0.5) is 0 Å². The van der Waals surface area contributed by atoms with Gasteiger partial charge in [0, 0.05) is 22.7 Å². The molecule has 0 bridgehead atoms. The van der Waals surface area contributed by atoms with Gasteiger partial charge in [-0.1, -0.05) is 15.9 Å². The molecular formula is C8H11BrN2S. The van der Waals surface area contributed by atoms with Crippen LogP contribution in [-0.2, 0) is 9.62 Å². The van der Waals surface area contributed by atoms with E-state index in [9.17, 15) is 0 Å². The first-order valence-electron chi connectivity index (χ1n) is 3.46. The van der Waals surface area contributed by atoms with E-state index in [1.807, 2.05) is 30.5 Å². The van der Waals surface area contributed by atoms with Gasteiger partial charge < -0.3 is 0 Å². The number of nitrogens with zero attached hydrogens (tertiary/aromatic N) is 1. The van der Waals surface area contributed by atoms with E-state index >= 15 is 0 Å². The number of halogens is 1. The third-order valence-corrected chi connectivity index (χ3v) is 4.09. The SMILES string of the molecule is CN=S(C)(=N)c1ccc(Br)cc1. The third-order valence-electron chi connectivity index (χ3n) is 1.64. The molecule has 1 atom stereocenters. The Hall–Kier alpha value is -0.350. The fourth-order valence-corrected chi connectivity index (χ4v) is 1.95. The Labute approximate surface area is 81.8 Å². The van der Waals surface area contributed by atoms with Crippen molar-refractivity contribution in [3.8, 4) is 0 Å². The van der Waals surface area contributed by atoms with E-state index in [1.165, 1.54) is 0 Å². The molecule has 0 fully saturated rings. The van der Waals surface area contributed by atoms with E-state index in [2.05, 4.69) is 20.3 Å². The molecule has 0 aliphatic heterocycles. The highest BCUT2D eigenvalue weighted by Crippen LogP contribution is 2.16. The molecule has 0 amide bonds. The van der Waals surface area contributed by atoms with Crippen LogP contribution < -0.4 is 0 Å². The van der Waals surface area contributed by atoms with Crippen LogP contribution in [0.25, 0.3) is 0 Å². The zero-order chi connectivity index (χ0) is 9.19. The van der Waals surface area contributed by atoms with Gasteiger partial charge >= 0.3 is 0 Å². The van der Waals surface area contributed by atoms with Crippen LogP contribution in [0, 0.1) is 4.78 Å². The Bertz CT molecular complexity index is 375. The van der Waals surface area contributed by atoms with Crippen molar-refractivity contribution in [2.45, 2.75) is 4.90 Å². The van der Waals surface area contributed by atoms with Crippen molar-refractivity contribution in [3.05, 3.63) is 28.7 Å². The summed E-state index contributed by atoms with van der Waals surface area (Å²) in [4.78, 5) is 0.994. The molecule has 1 unspecified atom stereocenters. The van der Waals surface area contributed by atoms with Crippen molar-refractivity contribution in [1.29, 1.82) is 4.78 Å². The first kappa shape index (κ1) is 9.74. The van der Waals surface area contributed by atoms with Gasteiger partial charge in [-0.3, -0.25) is 9.14 Å². The molecule has 0 aromatic heterocycles.